The standard InChI is InChI=1S/C16H15BrN2O6/c1-24-6-2-3-9(10(4-6)19(22)23)18-15(20)11-7-5-8-12(11)16(21)25-14(8)13(7)17/h2-4,7-8,11-14H,5H2,1H3,(H,18,20). The quantitative estimate of drug-likeness (QED) is 0.352. The van der Waals surface area contributed by atoms with Crippen LogP contribution in [0.15, 0.2) is 18.2 Å². The van der Waals surface area contributed by atoms with Crippen LogP contribution in [0.4, 0.5) is 11.4 Å². The van der Waals surface area contributed by atoms with E-state index in [1.54, 1.807) is 0 Å². The summed E-state index contributed by atoms with van der Waals surface area (Å²) in [5.74, 6) is -1.36. The number of carbonyl (C=O) groups excluding carboxylic acids is 2. The molecule has 1 saturated heterocycles. The third-order valence-electron chi connectivity index (χ3n) is 5.49. The van der Waals surface area contributed by atoms with Gasteiger partial charge in [0.15, 0.2) is 0 Å². The maximum absolute atomic E-state index is 12.8. The number of methoxy groups -OCH3 is 1. The number of esters is 1. The lowest BCUT2D eigenvalue weighted by Crippen LogP contribution is -2.40. The highest BCUT2D eigenvalue weighted by atomic mass is 79.9. The molecule has 2 saturated carbocycles. The lowest BCUT2D eigenvalue weighted by molar-refractivity contribution is -0.384. The van der Waals surface area contributed by atoms with Crippen molar-refractivity contribution in [1.82, 2.24) is 0 Å². The van der Waals surface area contributed by atoms with Crippen molar-refractivity contribution in [3.63, 3.8) is 0 Å². The lowest BCUT2D eigenvalue weighted by Gasteiger charge is -2.27. The van der Waals surface area contributed by atoms with Gasteiger partial charge in [0.2, 0.25) is 5.91 Å². The third-order valence-corrected chi connectivity index (χ3v) is 6.69. The van der Waals surface area contributed by atoms with E-state index in [1.807, 2.05) is 0 Å². The van der Waals surface area contributed by atoms with Crippen LogP contribution in [-0.4, -0.2) is 34.8 Å². The van der Waals surface area contributed by atoms with Gasteiger partial charge in [-0.3, -0.25) is 19.7 Å². The molecule has 1 aromatic rings. The Kier molecular flexibility index (Phi) is 3.71. The smallest absolute Gasteiger partial charge is 0.310 e. The number of benzene rings is 1. The van der Waals surface area contributed by atoms with Gasteiger partial charge in [-0.25, -0.2) is 0 Å². The Morgan fingerprint density at radius 1 is 1.44 bits per heavy atom. The number of halogens is 1. The van der Waals surface area contributed by atoms with Gasteiger partial charge in [-0.2, -0.15) is 0 Å². The van der Waals surface area contributed by atoms with E-state index in [2.05, 4.69) is 21.2 Å². The van der Waals surface area contributed by atoms with Crippen LogP contribution < -0.4 is 10.1 Å². The molecule has 1 aromatic carbocycles. The van der Waals surface area contributed by atoms with Crippen molar-refractivity contribution in [2.75, 3.05) is 12.4 Å². The Bertz CT molecular complexity index is 784. The topological polar surface area (TPSA) is 108 Å². The van der Waals surface area contributed by atoms with Crippen molar-refractivity contribution < 1.29 is 24.0 Å². The zero-order chi connectivity index (χ0) is 17.9. The zero-order valence-corrected chi connectivity index (χ0v) is 14.8. The first kappa shape index (κ1) is 16.3. The summed E-state index contributed by atoms with van der Waals surface area (Å²) in [6.45, 7) is 0. The van der Waals surface area contributed by atoms with Gasteiger partial charge in [0.05, 0.1) is 34.8 Å². The molecule has 25 heavy (non-hydrogen) atoms. The van der Waals surface area contributed by atoms with Gasteiger partial charge in [-0.1, -0.05) is 15.9 Å². The number of nitrogens with zero attached hydrogens (tertiary/aromatic N) is 1. The monoisotopic (exact) mass is 410 g/mol. The molecule has 1 aliphatic heterocycles. The molecule has 0 spiro atoms. The van der Waals surface area contributed by atoms with E-state index in [9.17, 15) is 19.7 Å². The number of nitro groups is 1. The van der Waals surface area contributed by atoms with Crippen LogP contribution in [0.5, 0.6) is 5.75 Å². The maximum Gasteiger partial charge on any atom is 0.310 e. The van der Waals surface area contributed by atoms with Gasteiger partial charge in [-0.05, 0) is 24.5 Å². The molecule has 0 aromatic heterocycles. The molecular weight excluding hydrogens is 396 g/mol. The van der Waals surface area contributed by atoms with Crippen molar-refractivity contribution >= 4 is 39.2 Å². The summed E-state index contributed by atoms with van der Waals surface area (Å²) in [7, 11) is 1.41. The summed E-state index contributed by atoms with van der Waals surface area (Å²) in [6.07, 6.45) is 0.585. The molecule has 8 nitrogen and oxygen atoms in total. The van der Waals surface area contributed by atoms with E-state index in [1.165, 1.54) is 25.3 Å². The first-order valence-corrected chi connectivity index (χ1v) is 8.81. The summed E-state index contributed by atoms with van der Waals surface area (Å²) in [6, 6.07) is 4.23. The molecule has 3 fully saturated rings. The summed E-state index contributed by atoms with van der Waals surface area (Å²) < 4.78 is 10.4. The summed E-state index contributed by atoms with van der Waals surface area (Å²) in [5, 5.41) is 13.9. The fraction of sp³-hybridized carbons (Fsp3) is 0.500. The number of nitrogens with one attached hydrogen (secondary N) is 1. The molecule has 1 heterocycles. The van der Waals surface area contributed by atoms with Crippen LogP contribution in [0.25, 0.3) is 0 Å². The molecular formula is C16H15BrN2O6. The van der Waals surface area contributed by atoms with Crippen molar-refractivity contribution in [2.24, 2.45) is 23.7 Å². The highest BCUT2D eigenvalue weighted by Gasteiger charge is 2.67. The Morgan fingerprint density at radius 3 is 2.88 bits per heavy atom. The van der Waals surface area contributed by atoms with Crippen molar-refractivity contribution in [1.29, 1.82) is 0 Å². The van der Waals surface area contributed by atoms with Crippen LogP contribution in [0.1, 0.15) is 6.42 Å². The fourth-order valence-electron chi connectivity index (χ4n) is 4.44. The van der Waals surface area contributed by atoms with Crippen LogP contribution in [0.2, 0.25) is 0 Å². The Balaban J connectivity index is 1.61. The van der Waals surface area contributed by atoms with E-state index in [0.717, 1.165) is 6.42 Å². The van der Waals surface area contributed by atoms with E-state index in [0.29, 0.717) is 5.75 Å². The number of ether oxygens (including phenoxy) is 2. The molecule has 1 amide bonds. The summed E-state index contributed by atoms with van der Waals surface area (Å²) >= 11 is 3.54. The largest absolute Gasteiger partial charge is 0.496 e. The zero-order valence-electron chi connectivity index (χ0n) is 13.2. The average molecular weight is 411 g/mol. The third kappa shape index (κ3) is 2.32. The second-order valence-electron chi connectivity index (χ2n) is 6.59. The fourth-order valence-corrected chi connectivity index (χ4v) is 5.49. The number of hydrogen-bond acceptors (Lipinski definition) is 6. The minimum Gasteiger partial charge on any atom is -0.496 e. The van der Waals surface area contributed by atoms with E-state index in [-0.39, 0.29) is 46.0 Å². The minimum atomic E-state index is -0.577. The number of hydrogen-bond donors (Lipinski definition) is 1. The van der Waals surface area contributed by atoms with Crippen molar-refractivity contribution in [3.8, 4) is 5.75 Å². The second-order valence-corrected chi connectivity index (χ2v) is 7.65. The molecule has 6 atom stereocenters. The predicted molar refractivity (Wildman–Crippen MR) is 89.5 cm³/mol. The Hall–Kier alpha value is -2.16. The van der Waals surface area contributed by atoms with Gasteiger partial charge in [0, 0.05) is 5.92 Å². The van der Waals surface area contributed by atoms with Crippen molar-refractivity contribution in [3.05, 3.63) is 28.3 Å². The predicted octanol–water partition coefficient (Wildman–Crippen LogP) is 2.11. The van der Waals surface area contributed by atoms with E-state index >= 15 is 0 Å². The molecule has 2 bridgehead atoms. The number of alkyl halides is 1. The normalized spacial score (nSPS) is 34.7. The molecule has 6 unspecified atom stereocenters. The van der Waals surface area contributed by atoms with Gasteiger partial charge < -0.3 is 14.8 Å². The minimum absolute atomic E-state index is 0.0104. The first-order chi connectivity index (χ1) is 11.9. The average Bonchev–Trinajstić information content (AvgIpc) is 3.19. The maximum atomic E-state index is 12.8. The highest BCUT2D eigenvalue weighted by Crippen LogP contribution is 2.60. The van der Waals surface area contributed by atoms with E-state index in [4.69, 9.17) is 9.47 Å². The Labute approximate surface area is 151 Å². The number of rotatable bonds is 4. The number of anilines is 1. The van der Waals surface area contributed by atoms with Crippen LogP contribution in [0.3, 0.4) is 0 Å². The summed E-state index contributed by atoms with van der Waals surface area (Å²) in [5.41, 5.74) is -0.161. The molecule has 1 N–H and O–H groups in total. The summed E-state index contributed by atoms with van der Waals surface area (Å²) in [4.78, 5) is 35.6. The molecule has 3 aliphatic rings. The lowest BCUT2D eigenvalue weighted by atomic mass is 9.79. The molecule has 0 radical (unpaired) electrons. The van der Waals surface area contributed by atoms with Crippen LogP contribution >= 0.6 is 15.9 Å². The number of nitro benzene ring substituents is 1. The number of amides is 1. The van der Waals surface area contributed by atoms with Gasteiger partial charge in [0.25, 0.3) is 5.69 Å². The van der Waals surface area contributed by atoms with Crippen LogP contribution in [-0.2, 0) is 14.3 Å². The number of carbonyl (C=O) groups is 2. The van der Waals surface area contributed by atoms with Crippen molar-refractivity contribution in [2.45, 2.75) is 17.4 Å². The number of fused-ring (bicyclic) bond motifs is 1. The van der Waals surface area contributed by atoms with Gasteiger partial charge in [0.1, 0.15) is 17.5 Å². The second kappa shape index (κ2) is 5.69. The van der Waals surface area contributed by atoms with Gasteiger partial charge >= 0.3 is 5.97 Å². The van der Waals surface area contributed by atoms with E-state index < -0.39 is 16.8 Å². The first-order valence-electron chi connectivity index (χ1n) is 7.90. The Morgan fingerprint density at radius 2 is 2.20 bits per heavy atom. The molecule has 132 valence electrons. The molecule has 2 aliphatic carbocycles. The van der Waals surface area contributed by atoms with Gasteiger partial charge in [-0.15, -0.1) is 0 Å². The molecule has 9 heteroatoms. The van der Waals surface area contributed by atoms with Crippen LogP contribution in [0, 0.1) is 33.8 Å². The SMILES string of the molecule is COc1ccc(NC(=O)C2C3CC4C(OC(=O)C42)C3Br)c([N+](=O)[O-])c1. The highest BCUT2D eigenvalue weighted by molar-refractivity contribution is 9.09. The molecule has 4 rings (SSSR count).